The number of carbonyl (C=O) groups excluding carboxylic acids is 1. The fraction of sp³-hybridized carbons (Fsp3) is 0.529. The Kier molecular flexibility index (Phi) is 3.70. The fourth-order valence-electron chi connectivity index (χ4n) is 3.99. The third-order valence-electron chi connectivity index (χ3n) is 5.05. The number of aldehydes is 1. The number of nitrogens with two attached hydrogens (primary N) is 1. The molecule has 2 aliphatic carbocycles. The molecular weight excluding hydrogens is 266 g/mol. The van der Waals surface area contributed by atoms with Gasteiger partial charge in [-0.3, -0.25) is 4.79 Å². The van der Waals surface area contributed by atoms with Crippen LogP contribution in [0.5, 0.6) is 0 Å². The van der Waals surface area contributed by atoms with Crippen molar-refractivity contribution in [1.82, 2.24) is 0 Å². The maximum absolute atomic E-state index is 11.9. The Labute approximate surface area is 124 Å². The monoisotopic (exact) mass is 287 g/mol. The van der Waals surface area contributed by atoms with E-state index in [9.17, 15) is 9.59 Å². The van der Waals surface area contributed by atoms with Gasteiger partial charge in [0.1, 0.15) is 11.3 Å². The summed E-state index contributed by atoms with van der Waals surface area (Å²) < 4.78 is 5.44. The largest absolute Gasteiger partial charge is 0.427 e. The fourth-order valence-corrected chi connectivity index (χ4v) is 3.99. The zero-order chi connectivity index (χ0) is 15.0. The van der Waals surface area contributed by atoms with Gasteiger partial charge < -0.3 is 10.2 Å². The van der Waals surface area contributed by atoms with Crippen LogP contribution in [0.25, 0.3) is 0 Å². The van der Waals surface area contributed by atoms with Gasteiger partial charge in [-0.1, -0.05) is 31.9 Å². The highest BCUT2D eigenvalue weighted by Crippen LogP contribution is 2.47. The summed E-state index contributed by atoms with van der Waals surface area (Å²) in [5.41, 5.74) is 5.38. The average Bonchev–Trinajstić information content (AvgIpc) is 2.46. The van der Waals surface area contributed by atoms with E-state index in [-0.39, 0.29) is 17.2 Å². The normalized spacial score (nSPS) is 31.7. The second-order valence-electron chi connectivity index (χ2n) is 6.31. The van der Waals surface area contributed by atoms with Gasteiger partial charge in [0.15, 0.2) is 6.29 Å². The van der Waals surface area contributed by atoms with Crippen LogP contribution in [-0.4, -0.2) is 6.29 Å². The molecule has 1 heterocycles. The van der Waals surface area contributed by atoms with Crippen molar-refractivity contribution in [1.29, 1.82) is 0 Å². The minimum atomic E-state index is -0.617. The van der Waals surface area contributed by atoms with Gasteiger partial charge in [-0.15, -0.1) is 0 Å². The molecule has 1 fully saturated rings. The van der Waals surface area contributed by atoms with Crippen LogP contribution < -0.4 is 11.4 Å². The van der Waals surface area contributed by atoms with E-state index in [1.54, 1.807) is 6.07 Å². The van der Waals surface area contributed by atoms with E-state index in [2.05, 4.69) is 19.1 Å². The van der Waals surface area contributed by atoms with Crippen molar-refractivity contribution in [3.8, 4) is 0 Å². The van der Waals surface area contributed by atoms with E-state index in [1.807, 2.05) is 0 Å². The summed E-state index contributed by atoms with van der Waals surface area (Å²) in [5, 5.41) is 0. The highest BCUT2D eigenvalue weighted by atomic mass is 16.4. The summed E-state index contributed by atoms with van der Waals surface area (Å²) in [5.74, 6) is 2.20. The molecule has 4 atom stereocenters. The number of fused-ring (bicyclic) bond motifs is 1. The molecule has 0 radical (unpaired) electrons. The molecule has 4 heteroatoms. The molecule has 1 aromatic heterocycles. The van der Waals surface area contributed by atoms with E-state index < -0.39 is 5.63 Å². The van der Waals surface area contributed by atoms with Gasteiger partial charge in [-0.05, 0) is 30.6 Å². The number of nitrogen functional groups attached to an aromatic ring is 1. The van der Waals surface area contributed by atoms with Gasteiger partial charge in [0.2, 0.25) is 0 Å². The van der Waals surface area contributed by atoms with Crippen LogP contribution in [0.4, 0.5) is 5.69 Å². The van der Waals surface area contributed by atoms with Crippen LogP contribution >= 0.6 is 0 Å². The Bertz CT molecular complexity index is 631. The van der Waals surface area contributed by atoms with Crippen molar-refractivity contribution in [2.75, 3.05) is 5.73 Å². The molecule has 0 unspecified atom stereocenters. The second kappa shape index (κ2) is 5.51. The molecular formula is C17H21NO3. The van der Waals surface area contributed by atoms with E-state index in [1.165, 1.54) is 19.3 Å². The summed E-state index contributed by atoms with van der Waals surface area (Å²) in [7, 11) is 0. The average molecular weight is 287 g/mol. The minimum absolute atomic E-state index is 0.0713. The van der Waals surface area contributed by atoms with E-state index in [0.717, 1.165) is 6.42 Å². The summed E-state index contributed by atoms with van der Waals surface area (Å²) in [4.78, 5) is 22.8. The lowest BCUT2D eigenvalue weighted by atomic mass is 9.64. The molecule has 3 rings (SSSR count). The molecule has 0 amide bonds. The number of rotatable bonds is 2. The van der Waals surface area contributed by atoms with Gasteiger partial charge in [0.05, 0.1) is 5.69 Å². The highest BCUT2D eigenvalue weighted by Gasteiger charge is 2.38. The summed E-state index contributed by atoms with van der Waals surface area (Å²) in [6.45, 7) is 2.15. The third kappa shape index (κ3) is 2.43. The standard InChI is InChI=1S/C17H21NO3/c1-10-6-7-11-4-2-3-5-12(11)16(10)15-8-14(18)13(9-19)17(20)21-15/h6-12,16H,2-5,18H2,1H3/t10-,11+,12+,16+/m0/s1. The molecule has 112 valence electrons. The molecule has 0 aliphatic heterocycles. The number of hydrogen-bond donors (Lipinski definition) is 1. The Morgan fingerprint density at radius 2 is 2.05 bits per heavy atom. The third-order valence-corrected chi connectivity index (χ3v) is 5.05. The SMILES string of the molecule is C[C@H]1C=C[C@H]2CCCC[C@H]2[C@@H]1c1cc(N)c(C=O)c(=O)o1. The molecule has 2 aliphatic rings. The molecule has 21 heavy (non-hydrogen) atoms. The first-order valence-corrected chi connectivity index (χ1v) is 7.69. The summed E-state index contributed by atoms with van der Waals surface area (Å²) in [6, 6.07) is 1.68. The Balaban J connectivity index is 2.04. The van der Waals surface area contributed by atoms with Crippen LogP contribution in [0.3, 0.4) is 0 Å². The minimum Gasteiger partial charge on any atom is -0.427 e. The quantitative estimate of drug-likeness (QED) is 0.670. The molecule has 0 aromatic carbocycles. The summed E-state index contributed by atoms with van der Waals surface area (Å²) in [6.07, 6.45) is 9.87. The number of allylic oxidation sites excluding steroid dienone is 2. The Morgan fingerprint density at radius 1 is 1.29 bits per heavy atom. The van der Waals surface area contributed by atoms with Crippen molar-refractivity contribution in [3.05, 3.63) is 40.0 Å². The maximum atomic E-state index is 11.9. The lowest BCUT2D eigenvalue weighted by Gasteiger charge is -2.40. The maximum Gasteiger partial charge on any atom is 0.348 e. The molecule has 0 spiro atoms. The molecule has 2 N–H and O–H groups in total. The lowest BCUT2D eigenvalue weighted by molar-refractivity contribution is 0.111. The van der Waals surface area contributed by atoms with Gasteiger partial charge in [0, 0.05) is 12.0 Å². The topological polar surface area (TPSA) is 73.3 Å². The number of carbonyl (C=O) groups is 1. The number of hydrogen-bond acceptors (Lipinski definition) is 4. The molecule has 0 saturated heterocycles. The smallest absolute Gasteiger partial charge is 0.348 e. The highest BCUT2D eigenvalue weighted by molar-refractivity contribution is 5.82. The Morgan fingerprint density at radius 3 is 2.76 bits per heavy atom. The molecule has 0 bridgehead atoms. The van der Waals surface area contributed by atoms with Crippen molar-refractivity contribution in [3.63, 3.8) is 0 Å². The predicted octanol–water partition coefficient (Wildman–Crippen LogP) is 3.13. The van der Waals surface area contributed by atoms with Crippen LogP contribution in [-0.2, 0) is 0 Å². The van der Waals surface area contributed by atoms with Crippen molar-refractivity contribution >= 4 is 12.0 Å². The van der Waals surface area contributed by atoms with Gasteiger partial charge >= 0.3 is 5.63 Å². The van der Waals surface area contributed by atoms with Crippen LogP contribution in [0.2, 0.25) is 0 Å². The van der Waals surface area contributed by atoms with E-state index >= 15 is 0 Å². The van der Waals surface area contributed by atoms with Crippen LogP contribution in [0.1, 0.15) is 54.6 Å². The van der Waals surface area contributed by atoms with Gasteiger partial charge in [0.25, 0.3) is 0 Å². The lowest BCUT2D eigenvalue weighted by Crippen LogP contribution is -2.32. The predicted molar refractivity (Wildman–Crippen MR) is 81.3 cm³/mol. The van der Waals surface area contributed by atoms with Gasteiger partial charge in [-0.25, -0.2) is 4.79 Å². The zero-order valence-electron chi connectivity index (χ0n) is 12.2. The number of anilines is 1. The first kappa shape index (κ1) is 14.1. The van der Waals surface area contributed by atoms with E-state index in [0.29, 0.717) is 29.8 Å². The van der Waals surface area contributed by atoms with Crippen LogP contribution in [0, 0.1) is 17.8 Å². The van der Waals surface area contributed by atoms with Crippen molar-refractivity contribution in [2.24, 2.45) is 17.8 Å². The molecule has 1 aromatic rings. The first-order valence-electron chi connectivity index (χ1n) is 7.69. The van der Waals surface area contributed by atoms with Crippen molar-refractivity contribution in [2.45, 2.75) is 38.5 Å². The molecule has 4 nitrogen and oxygen atoms in total. The first-order chi connectivity index (χ1) is 10.1. The molecule has 1 saturated carbocycles. The zero-order valence-corrected chi connectivity index (χ0v) is 12.2. The van der Waals surface area contributed by atoms with Crippen LogP contribution in [0.15, 0.2) is 27.4 Å². The summed E-state index contributed by atoms with van der Waals surface area (Å²) >= 11 is 0. The van der Waals surface area contributed by atoms with Gasteiger partial charge in [-0.2, -0.15) is 0 Å². The second-order valence-corrected chi connectivity index (χ2v) is 6.31. The van der Waals surface area contributed by atoms with E-state index in [4.69, 9.17) is 10.2 Å². The Hall–Kier alpha value is -1.84. The van der Waals surface area contributed by atoms with Crippen molar-refractivity contribution < 1.29 is 9.21 Å².